The fourth-order valence-corrected chi connectivity index (χ4v) is 12.4. The minimum Gasteiger partial charge on any atom is -1.00 e. The van der Waals surface area contributed by atoms with Gasteiger partial charge in [0.15, 0.2) is 0 Å². The van der Waals surface area contributed by atoms with Crippen LogP contribution in [0.15, 0.2) is 243 Å². The van der Waals surface area contributed by atoms with E-state index in [-0.39, 0.29) is 50.7 Å². The summed E-state index contributed by atoms with van der Waals surface area (Å²) < 4.78 is 0. The Bertz CT molecular complexity index is 2510. The molecule has 0 saturated heterocycles. The normalized spacial score (nSPS) is 10.6. The Labute approximate surface area is 381 Å². The van der Waals surface area contributed by atoms with E-state index in [9.17, 15) is 0 Å². The van der Waals surface area contributed by atoms with Gasteiger partial charge in [-0.15, -0.1) is 68.6 Å². The first-order chi connectivity index (χ1) is 27.8. The molecule has 0 atom stereocenters. The van der Waals surface area contributed by atoms with Crippen molar-refractivity contribution < 1.29 is 50.7 Å². The van der Waals surface area contributed by atoms with Crippen LogP contribution in [0.4, 0.5) is 0 Å². The van der Waals surface area contributed by atoms with Crippen LogP contribution >= 0.6 is 15.8 Å². The summed E-state index contributed by atoms with van der Waals surface area (Å²) in [5.41, 5.74) is 5.16. The number of benzene rings is 8. The Morgan fingerprint density at radius 3 is 0.847 bits per heavy atom. The fraction of sp³-hybridized carbons (Fsp3) is 0. The summed E-state index contributed by atoms with van der Waals surface area (Å²) in [6.45, 7) is 0. The number of hydrogen-bond donors (Lipinski definition) is 0. The third-order valence-corrected chi connectivity index (χ3v) is 15.0. The van der Waals surface area contributed by atoms with Crippen molar-refractivity contribution in [3.8, 4) is 22.3 Å². The van der Waals surface area contributed by atoms with Gasteiger partial charge >= 0.3 is 25.8 Å². The molecule has 0 bridgehead atoms. The third-order valence-electron chi connectivity index (χ3n) is 10.2. The molecule has 0 unspecified atom stereocenters. The van der Waals surface area contributed by atoms with E-state index in [1.54, 1.807) is 0 Å². The summed E-state index contributed by atoms with van der Waals surface area (Å²) in [7, 11) is -1.15. The predicted octanol–water partition coefficient (Wildman–Crippen LogP) is 5.97. The van der Waals surface area contributed by atoms with Crippen molar-refractivity contribution in [1.82, 2.24) is 0 Å². The first kappa shape index (κ1) is 43.9. The fourth-order valence-electron chi connectivity index (χ4n) is 7.64. The van der Waals surface area contributed by atoms with E-state index in [1.807, 2.05) is 0 Å². The molecule has 0 nitrogen and oxygen atoms in total. The molecule has 0 N–H and O–H groups in total. The molecule has 10 rings (SSSR count). The van der Waals surface area contributed by atoms with Crippen LogP contribution in [-0.2, 0) is 25.8 Å². The number of hydrogen-bond acceptors (Lipinski definition) is 0. The van der Waals surface area contributed by atoms with Gasteiger partial charge in [-0.25, -0.2) is 0 Å². The molecular weight excluding hydrogens is 960 g/mol. The standard InChI is InChI=1S/2C27H20P.2ClH.Hf/c2*1-4-11-21(12-5-1)26-18-10-13-22-19-25(20-27(22)26)28(23-14-6-2-7-15-23)24-16-8-3-9-17-24;;;/h2*1-20H;2*1H;/q2*-1;;;+4/p-2. The maximum atomic E-state index is 2.41. The van der Waals surface area contributed by atoms with Crippen LogP contribution in [0.5, 0.6) is 0 Å². The van der Waals surface area contributed by atoms with Gasteiger partial charge in [-0.3, -0.25) is 0 Å². The molecule has 284 valence electrons. The monoisotopic (exact) mass is 1000 g/mol. The van der Waals surface area contributed by atoms with E-state index < -0.39 is 15.8 Å². The van der Waals surface area contributed by atoms with Gasteiger partial charge in [-0.05, 0) is 48.2 Å². The minimum atomic E-state index is -0.574. The van der Waals surface area contributed by atoms with Crippen molar-refractivity contribution in [3.05, 3.63) is 243 Å². The van der Waals surface area contributed by atoms with Gasteiger partial charge in [0.1, 0.15) is 0 Å². The zero-order valence-corrected chi connectivity index (χ0v) is 39.1. The van der Waals surface area contributed by atoms with Gasteiger partial charge in [0.05, 0.1) is 0 Å². The maximum Gasteiger partial charge on any atom is 4.00 e. The van der Waals surface area contributed by atoms with Crippen LogP contribution in [0.25, 0.3) is 43.8 Å². The molecule has 0 aliphatic carbocycles. The van der Waals surface area contributed by atoms with Gasteiger partial charge < -0.3 is 24.8 Å². The molecule has 59 heavy (non-hydrogen) atoms. The minimum absolute atomic E-state index is 0. The molecule has 0 aliphatic heterocycles. The summed E-state index contributed by atoms with van der Waals surface area (Å²) in [6, 6.07) is 87.8. The molecule has 5 heteroatoms. The zero-order valence-electron chi connectivity index (χ0n) is 32.2. The van der Waals surface area contributed by atoms with Crippen LogP contribution in [-0.4, -0.2) is 0 Å². The molecule has 0 heterocycles. The zero-order chi connectivity index (χ0) is 37.5. The van der Waals surface area contributed by atoms with Crippen molar-refractivity contribution in [3.63, 3.8) is 0 Å². The number of fused-ring (bicyclic) bond motifs is 2. The van der Waals surface area contributed by atoms with Crippen molar-refractivity contribution >= 4 is 69.2 Å². The van der Waals surface area contributed by atoms with Crippen LogP contribution in [0.2, 0.25) is 0 Å². The predicted molar refractivity (Wildman–Crippen MR) is 247 cm³/mol. The molecular formula is C54H40Cl2HfP2. The van der Waals surface area contributed by atoms with Crippen LogP contribution in [0.1, 0.15) is 0 Å². The molecule has 0 fully saturated rings. The van der Waals surface area contributed by atoms with Crippen LogP contribution in [0.3, 0.4) is 0 Å². The second-order valence-corrected chi connectivity index (χ2v) is 18.2. The van der Waals surface area contributed by atoms with E-state index in [0.29, 0.717) is 0 Å². The van der Waals surface area contributed by atoms with Crippen LogP contribution < -0.4 is 56.6 Å². The second kappa shape index (κ2) is 21.0. The molecule has 0 amide bonds. The Kier molecular flexibility index (Phi) is 15.6. The van der Waals surface area contributed by atoms with Gasteiger partial charge in [0.2, 0.25) is 0 Å². The van der Waals surface area contributed by atoms with E-state index in [2.05, 4.69) is 243 Å². The molecule has 10 aromatic carbocycles. The van der Waals surface area contributed by atoms with E-state index in [0.717, 1.165) is 0 Å². The van der Waals surface area contributed by atoms with E-state index in [4.69, 9.17) is 0 Å². The quantitative estimate of drug-likeness (QED) is 0.100. The van der Waals surface area contributed by atoms with E-state index in [1.165, 1.54) is 75.6 Å². The molecule has 0 saturated carbocycles. The maximum absolute atomic E-state index is 2.41. The van der Waals surface area contributed by atoms with Crippen molar-refractivity contribution in [1.29, 1.82) is 0 Å². The summed E-state index contributed by atoms with van der Waals surface area (Å²) in [5, 5.41) is 13.7. The summed E-state index contributed by atoms with van der Waals surface area (Å²) in [5.74, 6) is 0. The van der Waals surface area contributed by atoms with Crippen molar-refractivity contribution in [2.45, 2.75) is 0 Å². The van der Waals surface area contributed by atoms with Gasteiger partial charge in [0.25, 0.3) is 0 Å². The molecule has 0 spiro atoms. The average molecular weight is 1000 g/mol. The van der Waals surface area contributed by atoms with Crippen molar-refractivity contribution in [2.24, 2.45) is 0 Å². The first-order valence-corrected chi connectivity index (χ1v) is 21.8. The third kappa shape index (κ3) is 9.85. The van der Waals surface area contributed by atoms with Gasteiger partial charge in [0, 0.05) is 0 Å². The Morgan fingerprint density at radius 1 is 0.288 bits per heavy atom. The summed E-state index contributed by atoms with van der Waals surface area (Å²) in [4.78, 5) is 0. The number of rotatable bonds is 8. The van der Waals surface area contributed by atoms with Crippen molar-refractivity contribution in [2.75, 3.05) is 0 Å². The topological polar surface area (TPSA) is 0 Å². The summed E-state index contributed by atoms with van der Waals surface area (Å²) in [6.07, 6.45) is 0. The largest absolute Gasteiger partial charge is 4.00 e. The van der Waals surface area contributed by atoms with Gasteiger partial charge in [-0.2, -0.15) is 12.1 Å². The molecule has 10 aromatic rings. The Morgan fingerprint density at radius 2 is 0.559 bits per heavy atom. The van der Waals surface area contributed by atoms with Crippen LogP contribution in [0, 0.1) is 0 Å². The first-order valence-electron chi connectivity index (χ1n) is 19.1. The average Bonchev–Trinajstić information content (AvgIpc) is 3.91. The smallest absolute Gasteiger partial charge is 1.00 e. The molecule has 0 radical (unpaired) electrons. The summed E-state index contributed by atoms with van der Waals surface area (Å²) >= 11 is 0. The van der Waals surface area contributed by atoms with Gasteiger partial charge in [-0.1, -0.05) is 205 Å². The number of halogens is 2. The Balaban J connectivity index is 0.000000189. The van der Waals surface area contributed by atoms with E-state index >= 15 is 0 Å². The Hall–Kier alpha value is -4.71. The molecule has 0 aliphatic rings. The molecule has 0 aromatic heterocycles. The SMILES string of the molecule is [Cl-].[Cl-].[Hf+4].c1ccc(-c2cccc3[cH-]c(P(c4ccccc4)c4ccccc4)cc23)cc1.c1ccc(-c2cccc3[cH-]c(P(c4ccccc4)c4ccccc4)cc23)cc1. The second-order valence-electron chi connectivity index (χ2n) is 13.8.